The van der Waals surface area contributed by atoms with Crippen LogP contribution in [0.5, 0.6) is 11.5 Å². The Morgan fingerprint density at radius 1 is 1.09 bits per heavy atom. The summed E-state index contributed by atoms with van der Waals surface area (Å²) in [5.74, 6) is -0.355. The van der Waals surface area contributed by atoms with Crippen LogP contribution >= 0.6 is 0 Å². The van der Waals surface area contributed by atoms with Crippen molar-refractivity contribution in [1.82, 2.24) is 4.72 Å². The smallest absolute Gasteiger partial charge is 0.420 e. The van der Waals surface area contributed by atoms with Crippen LogP contribution in [0.15, 0.2) is 47.4 Å². The summed E-state index contributed by atoms with van der Waals surface area (Å²) >= 11 is 0. The number of sulfonamides is 1. The van der Waals surface area contributed by atoms with Crippen molar-refractivity contribution in [2.45, 2.75) is 11.1 Å². The molecule has 2 aromatic carbocycles. The van der Waals surface area contributed by atoms with E-state index in [1.54, 1.807) is 0 Å². The number of ether oxygens (including phenoxy) is 1. The van der Waals surface area contributed by atoms with Crippen LogP contribution in [0.4, 0.5) is 18.9 Å². The maximum absolute atomic E-state index is 13.0. The van der Waals surface area contributed by atoms with Crippen LogP contribution in [0.3, 0.4) is 0 Å². The van der Waals surface area contributed by atoms with Gasteiger partial charge in [-0.05, 0) is 49.5 Å². The normalized spacial score (nSPS) is 12.2. The maximum Gasteiger partial charge on any atom is 0.420 e. The SMILES string of the molecule is CNS(=O)(=O)c1ccc(Oc2ccc(N)cc2C(F)(F)F)cc1. The van der Waals surface area contributed by atoms with E-state index in [2.05, 4.69) is 4.72 Å². The van der Waals surface area contributed by atoms with Gasteiger partial charge in [0.05, 0.1) is 4.90 Å². The fraction of sp³-hybridized carbons (Fsp3) is 0.143. The molecule has 0 unspecified atom stereocenters. The molecule has 2 rings (SSSR count). The average molecular weight is 346 g/mol. The van der Waals surface area contributed by atoms with Crippen LogP contribution < -0.4 is 15.2 Å². The molecule has 2 aromatic rings. The monoisotopic (exact) mass is 346 g/mol. The van der Waals surface area contributed by atoms with Crippen molar-refractivity contribution >= 4 is 15.7 Å². The van der Waals surface area contributed by atoms with E-state index in [0.29, 0.717) is 0 Å². The molecule has 0 heterocycles. The molecule has 3 N–H and O–H groups in total. The topological polar surface area (TPSA) is 81.4 Å². The van der Waals surface area contributed by atoms with E-state index in [9.17, 15) is 21.6 Å². The first-order valence-corrected chi connectivity index (χ1v) is 7.80. The number of nitrogens with one attached hydrogen (secondary N) is 1. The molecule has 0 aliphatic rings. The van der Waals surface area contributed by atoms with Gasteiger partial charge in [-0.1, -0.05) is 0 Å². The van der Waals surface area contributed by atoms with E-state index in [0.717, 1.165) is 12.1 Å². The highest BCUT2D eigenvalue weighted by molar-refractivity contribution is 7.89. The fourth-order valence-corrected chi connectivity index (χ4v) is 2.52. The number of hydrogen-bond donors (Lipinski definition) is 2. The first-order chi connectivity index (χ1) is 10.6. The number of alkyl halides is 3. The molecule has 0 saturated carbocycles. The molecule has 0 amide bonds. The summed E-state index contributed by atoms with van der Waals surface area (Å²) in [6.07, 6.45) is -4.62. The van der Waals surface area contributed by atoms with Crippen LogP contribution in [0.2, 0.25) is 0 Å². The lowest BCUT2D eigenvalue weighted by Crippen LogP contribution is -2.18. The summed E-state index contributed by atoms with van der Waals surface area (Å²) in [6.45, 7) is 0. The molecular weight excluding hydrogens is 333 g/mol. The fourth-order valence-electron chi connectivity index (χ4n) is 1.79. The van der Waals surface area contributed by atoms with Gasteiger partial charge in [-0.2, -0.15) is 13.2 Å². The molecule has 23 heavy (non-hydrogen) atoms. The zero-order chi connectivity index (χ0) is 17.3. The minimum absolute atomic E-state index is 0.0271. The largest absolute Gasteiger partial charge is 0.457 e. The molecule has 9 heteroatoms. The predicted octanol–water partition coefficient (Wildman–Crippen LogP) is 2.99. The summed E-state index contributed by atoms with van der Waals surface area (Å²) in [5.41, 5.74) is 4.32. The third-order valence-electron chi connectivity index (χ3n) is 2.94. The Morgan fingerprint density at radius 2 is 1.70 bits per heavy atom. The number of halogens is 3. The average Bonchev–Trinajstić information content (AvgIpc) is 2.48. The Kier molecular flexibility index (Phi) is 4.53. The lowest BCUT2D eigenvalue weighted by atomic mass is 10.1. The van der Waals surface area contributed by atoms with Crippen molar-refractivity contribution in [2.75, 3.05) is 12.8 Å². The number of anilines is 1. The van der Waals surface area contributed by atoms with E-state index in [-0.39, 0.29) is 16.3 Å². The Balaban J connectivity index is 2.34. The summed E-state index contributed by atoms with van der Waals surface area (Å²) in [7, 11) is -2.37. The van der Waals surface area contributed by atoms with Gasteiger partial charge >= 0.3 is 6.18 Å². The lowest BCUT2D eigenvalue weighted by molar-refractivity contribution is -0.138. The third-order valence-corrected chi connectivity index (χ3v) is 4.37. The predicted molar refractivity (Wildman–Crippen MR) is 78.6 cm³/mol. The molecule has 0 aromatic heterocycles. The number of nitrogens with two attached hydrogens (primary N) is 1. The third kappa shape index (κ3) is 3.93. The number of benzene rings is 2. The molecule has 124 valence electrons. The van der Waals surface area contributed by atoms with Crippen LogP contribution in [0, 0.1) is 0 Å². The van der Waals surface area contributed by atoms with E-state index in [1.165, 1.54) is 37.4 Å². The van der Waals surface area contributed by atoms with Gasteiger partial charge in [-0.25, -0.2) is 13.1 Å². The first kappa shape index (κ1) is 17.1. The Morgan fingerprint density at radius 3 is 2.22 bits per heavy atom. The number of rotatable bonds is 4. The Hall–Kier alpha value is -2.26. The zero-order valence-electron chi connectivity index (χ0n) is 11.9. The van der Waals surface area contributed by atoms with Crippen molar-refractivity contribution in [3.05, 3.63) is 48.0 Å². The zero-order valence-corrected chi connectivity index (χ0v) is 12.7. The van der Waals surface area contributed by atoms with Crippen LogP contribution in [-0.4, -0.2) is 15.5 Å². The lowest BCUT2D eigenvalue weighted by Gasteiger charge is -2.14. The minimum Gasteiger partial charge on any atom is -0.457 e. The van der Waals surface area contributed by atoms with Crippen LogP contribution in [0.25, 0.3) is 0 Å². The second-order valence-electron chi connectivity index (χ2n) is 4.53. The second-order valence-corrected chi connectivity index (χ2v) is 6.42. The van der Waals surface area contributed by atoms with E-state index in [1.807, 2.05) is 0 Å². The van der Waals surface area contributed by atoms with Crippen molar-refractivity contribution in [3.8, 4) is 11.5 Å². The van der Waals surface area contributed by atoms with Gasteiger partial charge in [-0.3, -0.25) is 0 Å². The molecule has 0 bridgehead atoms. The van der Waals surface area contributed by atoms with Gasteiger partial charge in [0.2, 0.25) is 10.0 Å². The van der Waals surface area contributed by atoms with E-state index < -0.39 is 27.5 Å². The van der Waals surface area contributed by atoms with Gasteiger partial charge in [0.25, 0.3) is 0 Å². The summed E-state index contributed by atoms with van der Waals surface area (Å²) < 4.78 is 69.4. The van der Waals surface area contributed by atoms with E-state index >= 15 is 0 Å². The molecule has 0 spiro atoms. The summed E-state index contributed by atoms with van der Waals surface area (Å²) in [5, 5.41) is 0. The van der Waals surface area contributed by atoms with Crippen LogP contribution in [-0.2, 0) is 16.2 Å². The highest BCUT2D eigenvalue weighted by Gasteiger charge is 2.34. The van der Waals surface area contributed by atoms with Gasteiger partial charge in [-0.15, -0.1) is 0 Å². The molecule has 5 nitrogen and oxygen atoms in total. The molecular formula is C14H13F3N2O3S. The maximum atomic E-state index is 13.0. The Labute approximate surface area is 130 Å². The van der Waals surface area contributed by atoms with Crippen molar-refractivity contribution < 1.29 is 26.3 Å². The van der Waals surface area contributed by atoms with Crippen molar-refractivity contribution in [1.29, 1.82) is 0 Å². The van der Waals surface area contributed by atoms with Gasteiger partial charge in [0, 0.05) is 5.69 Å². The van der Waals surface area contributed by atoms with Crippen molar-refractivity contribution in [2.24, 2.45) is 0 Å². The standard InChI is InChI=1S/C14H13F3N2O3S/c1-19-23(20,21)11-5-3-10(4-6-11)22-13-7-2-9(18)8-12(13)14(15,16)17/h2-8,19H,18H2,1H3. The molecule has 0 aliphatic heterocycles. The molecule has 0 atom stereocenters. The number of nitrogen functional groups attached to an aromatic ring is 1. The first-order valence-electron chi connectivity index (χ1n) is 6.31. The number of hydrogen-bond acceptors (Lipinski definition) is 4. The molecule has 0 fully saturated rings. The summed E-state index contributed by atoms with van der Waals surface area (Å²) in [4.78, 5) is -0.0271. The van der Waals surface area contributed by atoms with Gasteiger partial charge in [0.15, 0.2) is 0 Å². The van der Waals surface area contributed by atoms with Gasteiger partial charge in [0.1, 0.15) is 17.1 Å². The quantitative estimate of drug-likeness (QED) is 0.834. The highest BCUT2D eigenvalue weighted by Crippen LogP contribution is 2.39. The van der Waals surface area contributed by atoms with Crippen molar-refractivity contribution in [3.63, 3.8) is 0 Å². The van der Waals surface area contributed by atoms with Crippen LogP contribution in [0.1, 0.15) is 5.56 Å². The molecule has 0 radical (unpaired) electrons. The molecule has 0 aliphatic carbocycles. The van der Waals surface area contributed by atoms with Gasteiger partial charge < -0.3 is 10.5 Å². The Bertz CT molecular complexity index is 803. The minimum atomic E-state index is -4.62. The molecule has 0 saturated heterocycles. The second kappa shape index (κ2) is 6.09. The summed E-state index contributed by atoms with van der Waals surface area (Å²) in [6, 6.07) is 8.15. The highest BCUT2D eigenvalue weighted by atomic mass is 32.2. The van der Waals surface area contributed by atoms with E-state index in [4.69, 9.17) is 10.5 Å².